The zero-order valence-corrected chi connectivity index (χ0v) is 12.6. The molecule has 1 saturated heterocycles. The van der Waals surface area contributed by atoms with E-state index >= 15 is 0 Å². The minimum absolute atomic E-state index is 0.170. The van der Waals surface area contributed by atoms with Crippen LogP contribution in [-0.4, -0.2) is 26.7 Å². The second-order valence-electron chi connectivity index (χ2n) is 5.37. The summed E-state index contributed by atoms with van der Waals surface area (Å²) in [6.07, 6.45) is 0.472. The Morgan fingerprint density at radius 2 is 2.20 bits per heavy atom. The molecule has 0 radical (unpaired) electrons. The van der Waals surface area contributed by atoms with Gasteiger partial charge in [0.25, 0.3) is 0 Å². The Hall–Kier alpha value is -1.42. The van der Waals surface area contributed by atoms with E-state index in [0.717, 1.165) is 0 Å². The molecule has 0 spiro atoms. The van der Waals surface area contributed by atoms with Crippen molar-refractivity contribution in [3.8, 4) is 6.07 Å². The van der Waals surface area contributed by atoms with E-state index in [-0.39, 0.29) is 11.0 Å². The van der Waals surface area contributed by atoms with E-state index in [1.165, 1.54) is 18.2 Å². The third-order valence-electron chi connectivity index (χ3n) is 3.88. The number of hydrogen-bond acceptors (Lipinski definition) is 4. The van der Waals surface area contributed by atoms with E-state index in [2.05, 4.69) is 4.72 Å². The fraction of sp³-hybridized carbons (Fsp3) is 0.500. The Bertz CT molecular complexity index is 663. The van der Waals surface area contributed by atoms with E-state index in [1.807, 2.05) is 19.9 Å². The SMILES string of the molecule is Cc1cc(S(=O)(=O)NC2(C)CCOC2C)ccc1C#N. The maximum Gasteiger partial charge on any atom is 0.241 e. The lowest BCUT2D eigenvalue weighted by Gasteiger charge is -2.28. The monoisotopic (exact) mass is 294 g/mol. The Morgan fingerprint density at radius 3 is 2.70 bits per heavy atom. The lowest BCUT2D eigenvalue weighted by Crippen LogP contribution is -2.50. The molecule has 1 aliphatic rings. The van der Waals surface area contributed by atoms with Gasteiger partial charge in [-0.3, -0.25) is 0 Å². The van der Waals surface area contributed by atoms with Gasteiger partial charge in [0.1, 0.15) is 0 Å². The van der Waals surface area contributed by atoms with E-state index < -0.39 is 15.6 Å². The highest BCUT2D eigenvalue weighted by Crippen LogP contribution is 2.27. The molecule has 0 bridgehead atoms. The third kappa shape index (κ3) is 2.70. The van der Waals surface area contributed by atoms with Crippen molar-refractivity contribution in [2.45, 2.75) is 43.7 Å². The Balaban J connectivity index is 2.32. The molecule has 1 aromatic carbocycles. The number of nitriles is 1. The van der Waals surface area contributed by atoms with Crippen molar-refractivity contribution in [1.82, 2.24) is 4.72 Å². The molecule has 0 amide bonds. The fourth-order valence-corrected chi connectivity index (χ4v) is 3.84. The number of nitrogens with zero attached hydrogens (tertiary/aromatic N) is 1. The van der Waals surface area contributed by atoms with Crippen LogP contribution in [0.1, 0.15) is 31.4 Å². The predicted molar refractivity (Wildman–Crippen MR) is 74.7 cm³/mol. The maximum absolute atomic E-state index is 12.4. The molecule has 1 N–H and O–H groups in total. The highest BCUT2D eigenvalue weighted by molar-refractivity contribution is 7.89. The van der Waals surface area contributed by atoms with Crippen LogP contribution < -0.4 is 4.72 Å². The first kappa shape index (κ1) is 15.0. The van der Waals surface area contributed by atoms with Crippen molar-refractivity contribution in [2.24, 2.45) is 0 Å². The van der Waals surface area contributed by atoms with Gasteiger partial charge in [-0.15, -0.1) is 0 Å². The molecule has 1 fully saturated rings. The van der Waals surface area contributed by atoms with Crippen molar-refractivity contribution < 1.29 is 13.2 Å². The average Bonchev–Trinajstić information content (AvgIpc) is 2.68. The molecule has 20 heavy (non-hydrogen) atoms. The van der Waals surface area contributed by atoms with E-state index in [1.54, 1.807) is 6.92 Å². The minimum Gasteiger partial charge on any atom is -0.376 e. The van der Waals surface area contributed by atoms with Crippen LogP contribution in [0, 0.1) is 18.3 Å². The molecule has 2 atom stereocenters. The van der Waals surface area contributed by atoms with Gasteiger partial charge >= 0.3 is 0 Å². The molecule has 5 nitrogen and oxygen atoms in total. The van der Waals surface area contributed by atoms with Crippen LogP contribution in [0.4, 0.5) is 0 Å². The van der Waals surface area contributed by atoms with E-state index in [4.69, 9.17) is 10.00 Å². The normalized spacial score (nSPS) is 26.4. The molecule has 0 saturated carbocycles. The second kappa shape index (κ2) is 5.17. The number of sulfonamides is 1. The molecular weight excluding hydrogens is 276 g/mol. The van der Waals surface area contributed by atoms with Gasteiger partial charge in [0.15, 0.2) is 0 Å². The summed E-state index contributed by atoms with van der Waals surface area (Å²) in [6, 6.07) is 6.53. The van der Waals surface area contributed by atoms with Crippen molar-refractivity contribution in [3.63, 3.8) is 0 Å². The molecule has 6 heteroatoms. The van der Waals surface area contributed by atoms with Crippen LogP contribution in [-0.2, 0) is 14.8 Å². The van der Waals surface area contributed by atoms with Crippen LogP contribution in [0.5, 0.6) is 0 Å². The summed E-state index contributed by atoms with van der Waals surface area (Å²) in [6.45, 7) is 5.98. The Morgan fingerprint density at radius 1 is 1.50 bits per heavy atom. The number of nitrogens with one attached hydrogen (secondary N) is 1. The number of hydrogen-bond donors (Lipinski definition) is 1. The van der Waals surface area contributed by atoms with Gasteiger partial charge in [-0.2, -0.15) is 5.26 Å². The van der Waals surface area contributed by atoms with Crippen molar-refractivity contribution in [2.75, 3.05) is 6.61 Å². The zero-order valence-electron chi connectivity index (χ0n) is 11.8. The van der Waals surface area contributed by atoms with Crippen LogP contribution in [0.2, 0.25) is 0 Å². The number of ether oxygens (including phenoxy) is 1. The molecule has 1 heterocycles. The third-order valence-corrected chi connectivity index (χ3v) is 5.49. The minimum atomic E-state index is -3.62. The smallest absolute Gasteiger partial charge is 0.241 e. The highest BCUT2D eigenvalue weighted by atomic mass is 32.2. The van der Waals surface area contributed by atoms with Crippen LogP contribution >= 0.6 is 0 Å². The molecule has 2 unspecified atom stereocenters. The van der Waals surface area contributed by atoms with Gasteiger partial charge in [0.05, 0.1) is 28.2 Å². The predicted octanol–water partition coefficient (Wildman–Crippen LogP) is 1.71. The standard InChI is InChI=1S/C14H18N2O3S/c1-10-8-13(5-4-12(10)9-15)20(17,18)16-14(3)6-7-19-11(14)2/h4-5,8,11,16H,6-7H2,1-3H3. The number of aryl methyl sites for hydroxylation is 1. The second-order valence-corrected chi connectivity index (χ2v) is 7.06. The van der Waals surface area contributed by atoms with Crippen LogP contribution in [0.15, 0.2) is 23.1 Å². The first-order valence-electron chi connectivity index (χ1n) is 6.45. The largest absolute Gasteiger partial charge is 0.376 e. The summed E-state index contributed by atoms with van der Waals surface area (Å²) in [4.78, 5) is 0.175. The van der Waals surface area contributed by atoms with E-state index in [0.29, 0.717) is 24.2 Å². The summed E-state index contributed by atoms with van der Waals surface area (Å²) in [7, 11) is -3.62. The zero-order chi connectivity index (χ0) is 15.0. The van der Waals surface area contributed by atoms with E-state index in [9.17, 15) is 8.42 Å². The highest BCUT2D eigenvalue weighted by Gasteiger charge is 2.40. The molecule has 1 aromatic rings. The van der Waals surface area contributed by atoms with Gasteiger partial charge in [-0.05, 0) is 51.0 Å². The van der Waals surface area contributed by atoms with Gasteiger partial charge < -0.3 is 4.74 Å². The summed E-state index contributed by atoms with van der Waals surface area (Å²) < 4.78 is 33.0. The number of benzene rings is 1. The van der Waals surface area contributed by atoms with Crippen LogP contribution in [0.3, 0.4) is 0 Å². The van der Waals surface area contributed by atoms with Gasteiger partial charge in [-0.25, -0.2) is 13.1 Å². The average molecular weight is 294 g/mol. The summed E-state index contributed by atoms with van der Waals surface area (Å²) in [5.74, 6) is 0. The molecular formula is C14H18N2O3S. The lowest BCUT2D eigenvalue weighted by atomic mass is 9.97. The molecule has 0 aliphatic carbocycles. The fourth-order valence-electron chi connectivity index (χ4n) is 2.26. The molecule has 1 aliphatic heterocycles. The molecule has 0 aromatic heterocycles. The molecule has 108 valence electrons. The first-order chi connectivity index (χ1) is 9.28. The summed E-state index contributed by atoms with van der Waals surface area (Å²) in [5.41, 5.74) is 0.532. The van der Waals surface area contributed by atoms with Gasteiger partial charge in [-0.1, -0.05) is 0 Å². The summed E-state index contributed by atoms with van der Waals surface area (Å²) in [5, 5.41) is 8.89. The first-order valence-corrected chi connectivity index (χ1v) is 7.93. The van der Waals surface area contributed by atoms with Crippen LogP contribution in [0.25, 0.3) is 0 Å². The van der Waals surface area contributed by atoms with Crippen molar-refractivity contribution in [3.05, 3.63) is 29.3 Å². The van der Waals surface area contributed by atoms with Gasteiger partial charge in [0, 0.05) is 6.61 Å². The number of rotatable bonds is 3. The maximum atomic E-state index is 12.4. The Labute approximate surface area is 119 Å². The topological polar surface area (TPSA) is 79.2 Å². The molecule has 2 rings (SSSR count). The quantitative estimate of drug-likeness (QED) is 0.920. The Kier molecular flexibility index (Phi) is 3.87. The lowest BCUT2D eigenvalue weighted by molar-refractivity contribution is 0.0957. The van der Waals surface area contributed by atoms with Gasteiger partial charge in [0.2, 0.25) is 10.0 Å². The summed E-state index contributed by atoms with van der Waals surface area (Å²) >= 11 is 0. The van der Waals surface area contributed by atoms with Crippen molar-refractivity contribution in [1.29, 1.82) is 5.26 Å². The van der Waals surface area contributed by atoms with Crippen molar-refractivity contribution >= 4 is 10.0 Å².